The van der Waals surface area contributed by atoms with Crippen molar-refractivity contribution < 1.29 is 0 Å². The number of hydrogen-bond donors (Lipinski definition) is 2. The summed E-state index contributed by atoms with van der Waals surface area (Å²) in [4.78, 5) is 12.7. The molecule has 2 N–H and O–H groups in total. The maximum Gasteiger partial charge on any atom is 0.229 e. The van der Waals surface area contributed by atoms with Crippen LogP contribution >= 0.6 is 11.6 Å². The number of nitrogens with zero attached hydrogens (tertiary/aromatic N) is 3. The average molecular weight is 294 g/mol. The summed E-state index contributed by atoms with van der Waals surface area (Å²) in [5, 5.41) is 6.91. The van der Waals surface area contributed by atoms with Crippen LogP contribution in [0.1, 0.15) is 32.6 Å². The highest BCUT2D eigenvalue weighted by molar-refractivity contribution is 6.28. The van der Waals surface area contributed by atoms with Crippen LogP contribution in [-0.2, 0) is 0 Å². The Kier molecular flexibility index (Phi) is 2.98. The molecule has 2 bridgehead atoms. The molecule has 0 aromatic carbocycles. The van der Waals surface area contributed by atoms with Crippen LogP contribution in [0.15, 0.2) is 0 Å². The zero-order valence-corrected chi connectivity index (χ0v) is 12.4. The highest BCUT2D eigenvalue weighted by Crippen LogP contribution is 2.66. The maximum atomic E-state index is 5.98. The minimum atomic E-state index is 0.259. The predicted molar refractivity (Wildman–Crippen MR) is 78.8 cm³/mol. The first kappa shape index (κ1) is 12.6. The molecule has 3 aliphatic carbocycles. The molecule has 1 aromatic heterocycles. The van der Waals surface area contributed by atoms with E-state index < -0.39 is 0 Å². The van der Waals surface area contributed by atoms with Crippen LogP contribution in [0.3, 0.4) is 0 Å². The summed E-state index contributed by atoms with van der Waals surface area (Å²) < 4.78 is 0. The summed E-state index contributed by atoms with van der Waals surface area (Å²) in [5.74, 6) is 4.80. The fourth-order valence-electron chi connectivity index (χ4n) is 4.40. The van der Waals surface area contributed by atoms with Gasteiger partial charge in [-0.2, -0.15) is 15.0 Å². The van der Waals surface area contributed by atoms with E-state index in [1.807, 2.05) is 0 Å². The van der Waals surface area contributed by atoms with E-state index in [2.05, 4.69) is 32.5 Å². The fraction of sp³-hybridized carbons (Fsp3) is 0.786. The van der Waals surface area contributed by atoms with Crippen LogP contribution in [0, 0.1) is 23.7 Å². The summed E-state index contributed by atoms with van der Waals surface area (Å²) in [7, 11) is 0. The van der Waals surface area contributed by atoms with Gasteiger partial charge in [0.05, 0.1) is 0 Å². The van der Waals surface area contributed by atoms with E-state index in [0.29, 0.717) is 17.9 Å². The van der Waals surface area contributed by atoms with Crippen molar-refractivity contribution in [2.24, 2.45) is 23.7 Å². The lowest BCUT2D eigenvalue weighted by molar-refractivity contribution is 0.456. The second kappa shape index (κ2) is 4.72. The van der Waals surface area contributed by atoms with E-state index in [1.165, 1.54) is 19.3 Å². The first-order valence-electron chi connectivity index (χ1n) is 7.68. The molecule has 20 heavy (non-hydrogen) atoms. The van der Waals surface area contributed by atoms with E-state index in [0.717, 1.165) is 36.6 Å². The Balaban J connectivity index is 1.45. The van der Waals surface area contributed by atoms with E-state index in [1.54, 1.807) is 0 Å². The molecule has 6 heteroatoms. The Morgan fingerprint density at radius 1 is 1.10 bits per heavy atom. The van der Waals surface area contributed by atoms with Crippen LogP contribution in [-0.4, -0.2) is 27.5 Å². The molecule has 0 spiro atoms. The van der Waals surface area contributed by atoms with E-state index in [4.69, 9.17) is 11.6 Å². The Morgan fingerprint density at radius 2 is 1.80 bits per heavy atom. The summed E-state index contributed by atoms with van der Waals surface area (Å²) in [6.07, 6.45) is 5.33. The number of halogens is 1. The minimum absolute atomic E-state index is 0.259. The molecule has 1 heterocycles. The van der Waals surface area contributed by atoms with Crippen molar-refractivity contribution >= 4 is 23.5 Å². The average Bonchev–Trinajstić information content (AvgIpc) is 2.83. The van der Waals surface area contributed by atoms with Crippen molar-refractivity contribution in [2.45, 2.75) is 38.6 Å². The third-order valence-corrected chi connectivity index (χ3v) is 5.34. The Hall–Kier alpha value is -1.10. The van der Waals surface area contributed by atoms with Crippen LogP contribution in [0.25, 0.3) is 0 Å². The van der Waals surface area contributed by atoms with Crippen molar-refractivity contribution in [2.75, 3.05) is 17.2 Å². The van der Waals surface area contributed by atoms with Gasteiger partial charge in [0.25, 0.3) is 0 Å². The number of aromatic nitrogens is 3. The lowest BCUT2D eigenvalue weighted by atomic mass is 10.0. The Labute approximate surface area is 123 Å². The van der Waals surface area contributed by atoms with Crippen LogP contribution in [0.4, 0.5) is 11.9 Å². The van der Waals surface area contributed by atoms with Gasteiger partial charge in [-0.15, -0.1) is 0 Å². The highest BCUT2D eigenvalue weighted by Gasteiger charge is 2.65. The molecule has 5 nitrogen and oxygen atoms in total. The molecule has 4 rings (SSSR count). The van der Waals surface area contributed by atoms with E-state index in [9.17, 15) is 0 Å². The van der Waals surface area contributed by atoms with E-state index >= 15 is 0 Å². The third-order valence-electron chi connectivity index (χ3n) is 5.17. The first-order valence-corrected chi connectivity index (χ1v) is 8.06. The summed E-state index contributed by atoms with van der Waals surface area (Å²) in [6.45, 7) is 2.95. The second-order valence-electron chi connectivity index (χ2n) is 6.34. The highest BCUT2D eigenvalue weighted by atomic mass is 35.5. The number of anilines is 2. The third kappa shape index (κ3) is 2.03. The van der Waals surface area contributed by atoms with Gasteiger partial charge in [0, 0.05) is 12.6 Å². The maximum absolute atomic E-state index is 5.98. The molecular formula is C14H20ClN5. The zero-order valence-electron chi connectivity index (χ0n) is 11.6. The van der Waals surface area contributed by atoms with Crippen molar-refractivity contribution in [1.82, 2.24) is 15.0 Å². The molecular weight excluding hydrogens is 274 g/mol. The Morgan fingerprint density at radius 3 is 2.50 bits per heavy atom. The standard InChI is InChI=1S/C14H20ClN5/c1-2-5-16-13-18-12(15)19-14(20-13)17-11-9-7-3-4-8(6-7)10(9)11/h7-11H,2-6H2,1H3,(H2,16,17,18,19,20). The zero-order chi connectivity index (χ0) is 13.7. The molecule has 0 aliphatic heterocycles. The molecule has 3 saturated carbocycles. The van der Waals surface area contributed by atoms with Gasteiger partial charge in [-0.1, -0.05) is 6.92 Å². The molecule has 0 radical (unpaired) electrons. The quantitative estimate of drug-likeness (QED) is 0.874. The SMILES string of the molecule is CCCNc1nc(Cl)nc(NC2C3C4CCC(C4)C23)n1. The molecule has 4 unspecified atom stereocenters. The number of hydrogen-bond acceptors (Lipinski definition) is 5. The van der Waals surface area contributed by atoms with Crippen LogP contribution in [0.5, 0.6) is 0 Å². The van der Waals surface area contributed by atoms with Gasteiger partial charge in [0.15, 0.2) is 0 Å². The summed E-state index contributed by atoms with van der Waals surface area (Å²) in [6, 6.07) is 0.568. The molecule has 0 saturated heterocycles. The van der Waals surface area contributed by atoms with Gasteiger partial charge >= 0.3 is 0 Å². The van der Waals surface area contributed by atoms with Gasteiger partial charge in [0.2, 0.25) is 17.2 Å². The number of rotatable bonds is 5. The predicted octanol–water partition coefficient (Wildman–Crippen LogP) is 2.80. The van der Waals surface area contributed by atoms with Crippen molar-refractivity contribution in [3.05, 3.63) is 5.28 Å². The smallest absolute Gasteiger partial charge is 0.229 e. The molecule has 3 aliphatic rings. The van der Waals surface area contributed by atoms with Gasteiger partial charge < -0.3 is 10.6 Å². The monoisotopic (exact) mass is 293 g/mol. The molecule has 3 fully saturated rings. The van der Waals surface area contributed by atoms with Crippen molar-refractivity contribution in [3.63, 3.8) is 0 Å². The van der Waals surface area contributed by atoms with Gasteiger partial charge in [-0.05, 0) is 61.0 Å². The fourth-order valence-corrected chi connectivity index (χ4v) is 4.56. The number of nitrogens with one attached hydrogen (secondary N) is 2. The topological polar surface area (TPSA) is 62.7 Å². The van der Waals surface area contributed by atoms with Crippen LogP contribution in [0.2, 0.25) is 5.28 Å². The van der Waals surface area contributed by atoms with Crippen molar-refractivity contribution in [1.29, 1.82) is 0 Å². The second-order valence-corrected chi connectivity index (χ2v) is 6.67. The molecule has 108 valence electrons. The van der Waals surface area contributed by atoms with E-state index in [-0.39, 0.29) is 5.28 Å². The normalized spacial score (nSPS) is 36.8. The molecule has 0 amide bonds. The first-order chi connectivity index (χ1) is 9.76. The van der Waals surface area contributed by atoms with Gasteiger partial charge in [-0.25, -0.2) is 0 Å². The summed E-state index contributed by atoms with van der Waals surface area (Å²) in [5.41, 5.74) is 0. The van der Waals surface area contributed by atoms with Gasteiger partial charge in [0.1, 0.15) is 0 Å². The molecule has 1 aromatic rings. The molecule has 4 atom stereocenters. The lowest BCUT2D eigenvalue weighted by Crippen LogP contribution is -2.16. The number of fused-ring (bicyclic) bond motifs is 5. The lowest BCUT2D eigenvalue weighted by Gasteiger charge is -2.11. The largest absolute Gasteiger partial charge is 0.354 e. The summed E-state index contributed by atoms with van der Waals surface area (Å²) >= 11 is 5.98. The Bertz CT molecular complexity index is 506. The van der Waals surface area contributed by atoms with Crippen LogP contribution < -0.4 is 10.6 Å². The van der Waals surface area contributed by atoms with Crippen molar-refractivity contribution in [3.8, 4) is 0 Å². The minimum Gasteiger partial charge on any atom is -0.354 e. The van der Waals surface area contributed by atoms with Gasteiger partial charge in [-0.3, -0.25) is 0 Å².